The van der Waals surface area contributed by atoms with Crippen molar-refractivity contribution in [1.82, 2.24) is 25.1 Å². The molecule has 0 bridgehead atoms. The number of aryl methyl sites for hydroxylation is 1. The molecule has 1 N–H and O–H groups in total. The summed E-state index contributed by atoms with van der Waals surface area (Å²) in [5.41, 5.74) is 1.17. The summed E-state index contributed by atoms with van der Waals surface area (Å²) in [4.78, 5) is 8.74. The van der Waals surface area contributed by atoms with Crippen molar-refractivity contribution >= 4 is 11.3 Å². The monoisotopic (exact) mass is 279 g/mol. The van der Waals surface area contributed by atoms with E-state index in [0.29, 0.717) is 5.92 Å². The first-order valence-electron chi connectivity index (χ1n) is 6.63. The predicted octanol–water partition coefficient (Wildman–Crippen LogP) is 2.03. The highest BCUT2D eigenvalue weighted by atomic mass is 32.1. The van der Waals surface area contributed by atoms with Crippen molar-refractivity contribution < 1.29 is 0 Å². The molecular weight excluding hydrogens is 258 g/mol. The SMILES string of the molecule is Cc1nc(CCNCc2ncnn2CC(C)C)cs1. The predicted molar refractivity (Wildman–Crippen MR) is 77.1 cm³/mol. The van der Waals surface area contributed by atoms with Gasteiger partial charge in [-0.25, -0.2) is 14.6 Å². The van der Waals surface area contributed by atoms with Gasteiger partial charge >= 0.3 is 0 Å². The zero-order chi connectivity index (χ0) is 13.7. The molecule has 0 aliphatic heterocycles. The Kier molecular flexibility index (Phi) is 5.04. The maximum Gasteiger partial charge on any atom is 0.140 e. The Morgan fingerprint density at radius 2 is 2.26 bits per heavy atom. The number of aromatic nitrogens is 4. The molecule has 2 heterocycles. The molecule has 0 aliphatic rings. The zero-order valence-corrected chi connectivity index (χ0v) is 12.6. The molecule has 0 atom stereocenters. The van der Waals surface area contributed by atoms with Gasteiger partial charge in [-0.2, -0.15) is 5.10 Å². The standard InChI is InChI=1S/C13H21N5S/c1-10(2)7-18-13(15-9-16-18)6-14-5-4-12-8-19-11(3)17-12/h8-10,14H,4-7H2,1-3H3. The van der Waals surface area contributed by atoms with Crippen LogP contribution in [0.3, 0.4) is 0 Å². The third kappa shape index (κ3) is 4.40. The van der Waals surface area contributed by atoms with E-state index in [1.54, 1.807) is 17.7 Å². The van der Waals surface area contributed by atoms with Gasteiger partial charge in [-0.1, -0.05) is 13.8 Å². The number of rotatable bonds is 7. The molecule has 0 saturated carbocycles. The van der Waals surface area contributed by atoms with E-state index in [0.717, 1.165) is 36.9 Å². The van der Waals surface area contributed by atoms with Crippen LogP contribution in [0.2, 0.25) is 0 Å². The van der Waals surface area contributed by atoms with Gasteiger partial charge in [0.15, 0.2) is 0 Å². The van der Waals surface area contributed by atoms with E-state index in [1.807, 2.05) is 11.6 Å². The molecule has 6 heteroatoms. The molecule has 19 heavy (non-hydrogen) atoms. The van der Waals surface area contributed by atoms with Gasteiger partial charge in [0.05, 0.1) is 17.2 Å². The Morgan fingerprint density at radius 3 is 2.95 bits per heavy atom. The van der Waals surface area contributed by atoms with Crippen molar-refractivity contribution in [1.29, 1.82) is 0 Å². The lowest BCUT2D eigenvalue weighted by Gasteiger charge is -2.09. The Balaban J connectivity index is 1.75. The van der Waals surface area contributed by atoms with Crippen LogP contribution in [0.25, 0.3) is 0 Å². The van der Waals surface area contributed by atoms with E-state index >= 15 is 0 Å². The number of hydrogen-bond donors (Lipinski definition) is 1. The molecule has 104 valence electrons. The average molecular weight is 279 g/mol. The molecule has 0 fully saturated rings. The van der Waals surface area contributed by atoms with Gasteiger partial charge in [-0.05, 0) is 12.8 Å². The average Bonchev–Trinajstić information content (AvgIpc) is 2.94. The van der Waals surface area contributed by atoms with Gasteiger partial charge in [0.25, 0.3) is 0 Å². The topological polar surface area (TPSA) is 55.6 Å². The zero-order valence-electron chi connectivity index (χ0n) is 11.8. The third-order valence-corrected chi connectivity index (χ3v) is 3.56. The Bertz CT molecular complexity index is 503. The lowest BCUT2D eigenvalue weighted by atomic mass is 10.2. The van der Waals surface area contributed by atoms with Crippen molar-refractivity contribution in [2.45, 2.75) is 40.3 Å². The third-order valence-electron chi connectivity index (χ3n) is 2.74. The second-order valence-electron chi connectivity index (χ2n) is 5.04. The smallest absolute Gasteiger partial charge is 0.140 e. The summed E-state index contributed by atoms with van der Waals surface area (Å²) in [6.07, 6.45) is 2.59. The minimum absolute atomic E-state index is 0.582. The van der Waals surface area contributed by atoms with E-state index in [2.05, 4.69) is 39.6 Å². The lowest BCUT2D eigenvalue weighted by Crippen LogP contribution is -2.21. The first-order valence-corrected chi connectivity index (χ1v) is 7.51. The first kappa shape index (κ1) is 14.1. The number of nitrogens with one attached hydrogen (secondary N) is 1. The van der Waals surface area contributed by atoms with Crippen LogP contribution in [0.1, 0.15) is 30.4 Å². The van der Waals surface area contributed by atoms with Crippen LogP contribution in [0.5, 0.6) is 0 Å². The fourth-order valence-corrected chi connectivity index (χ4v) is 2.51. The summed E-state index contributed by atoms with van der Waals surface area (Å²) in [6.45, 7) is 9.00. The minimum Gasteiger partial charge on any atom is -0.309 e. The molecule has 2 aromatic heterocycles. The molecular formula is C13H21N5S. The van der Waals surface area contributed by atoms with Gasteiger partial charge < -0.3 is 5.32 Å². The lowest BCUT2D eigenvalue weighted by molar-refractivity contribution is 0.458. The van der Waals surface area contributed by atoms with Gasteiger partial charge in [0, 0.05) is 24.9 Å². The van der Waals surface area contributed by atoms with Gasteiger partial charge in [-0.15, -0.1) is 11.3 Å². The van der Waals surface area contributed by atoms with Crippen LogP contribution in [0, 0.1) is 12.8 Å². The van der Waals surface area contributed by atoms with Crippen LogP contribution >= 0.6 is 11.3 Å². The highest BCUT2D eigenvalue weighted by Gasteiger charge is 2.05. The highest BCUT2D eigenvalue weighted by molar-refractivity contribution is 7.09. The van der Waals surface area contributed by atoms with Crippen molar-refractivity contribution in [3.05, 3.63) is 28.2 Å². The molecule has 0 unspecified atom stereocenters. The molecule has 0 spiro atoms. The van der Waals surface area contributed by atoms with E-state index < -0.39 is 0 Å². The second kappa shape index (κ2) is 6.77. The fourth-order valence-electron chi connectivity index (χ4n) is 1.86. The molecule has 0 radical (unpaired) electrons. The summed E-state index contributed by atoms with van der Waals surface area (Å²) >= 11 is 1.70. The summed E-state index contributed by atoms with van der Waals surface area (Å²) in [5, 5.41) is 10.9. The fraction of sp³-hybridized carbons (Fsp3) is 0.615. The van der Waals surface area contributed by atoms with Gasteiger partial charge in [0.1, 0.15) is 12.2 Å². The maximum atomic E-state index is 4.45. The number of hydrogen-bond acceptors (Lipinski definition) is 5. The van der Waals surface area contributed by atoms with Crippen LogP contribution in [-0.2, 0) is 19.5 Å². The van der Waals surface area contributed by atoms with Crippen LogP contribution in [0.4, 0.5) is 0 Å². The second-order valence-corrected chi connectivity index (χ2v) is 6.10. The number of thiazole rings is 1. The quantitative estimate of drug-likeness (QED) is 0.788. The molecule has 0 aromatic carbocycles. The highest BCUT2D eigenvalue weighted by Crippen LogP contribution is 2.08. The summed E-state index contributed by atoms with van der Waals surface area (Å²) < 4.78 is 1.98. The first-order chi connectivity index (χ1) is 9.15. The van der Waals surface area contributed by atoms with Gasteiger partial charge in [-0.3, -0.25) is 0 Å². The van der Waals surface area contributed by atoms with Gasteiger partial charge in [0.2, 0.25) is 0 Å². The normalized spacial score (nSPS) is 11.4. The molecule has 2 aromatic rings. The van der Waals surface area contributed by atoms with Crippen LogP contribution < -0.4 is 5.32 Å². The molecule has 5 nitrogen and oxygen atoms in total. The molecule has 0 saturated heterocycles. The Hall–Kier alpha value is -1.27. The van der Waals surface area contributed by atoms with Crippen molar-refractivity contribution in [2.24, 2.45) is 5.92 Å². The van der Waals surface area contributed by atoms with Crippen LogP contribution in [0.15, 0.2) is 11.7 Å². The van der Waals surface area contributed by atoms with Crippen molar-refractivity contribution in [2.75, 3.05) is 6.54 Å². The van der Waals surface area contributed by atoms with E-state index in [4.69, 9.17) is 0 Å². The molecule has 2 rings (SSSR count). The Labute approximate surface area is 118 Å². The Morgan fingerprint density at radius 1 is 1.42 bits per heavy atom. The summed E-state index contributed by atoms with van der Waals surface area (Å²) in [7, 11) is 0. The molecule has 0 amide bonds. The number of nitrogens with zero attached hydrogens (tertiary/aromatic N) is 4. The van der Waals surface area contributed by atoms with E-state index in [1.165, 1.54) is 5.69 Å². The van der Waals surface area contributed by atoms with E-state index in [9.17, 15) is 0 Å². The summed E-state index contributed by atoms with van der Waals surface area (Å²) in [6, 6.07) is 0. The van der Waals surface area contributed by atoms with Crippen molar-refractivity contribution in [3.63, 3.8) is 0 Å². The van der Waals surface area contributed by atoms with Crippen LogP contribution in [-0.4, -0.2) is 26.3 Å². The minimum atomic E-state index is 0.582. The van der Waals surface area contributed by atoms with Crippen molar-refractivity contribution in [3.8, 4) is 0 Å². The largest absolute Gasteiger partial charge is 0.309 e. The van der Waals surface area contributed by atoms with E-state index in [-0.39, 0.29) is 0 Å². The molecule has 0 aliphatic carbocycles. The summed E-state index contributed by atoms with van der Waals surface area (Å²) in [5.74, 6) is 1.58. The maximum absolute atomic E-state index is 4.45.